The summed E-state index contributed by atoms with van der Waals surface area (Å²) in [6.45, 7) is -1.06. The number of nitrogens with zero attached hydrogens (tertiary/aromatic N) is 1. The topological polar surface area (TPSA) is 77.2 Å². The van der Waals surface area contributed by atoms with Crippen LogP contribution in [-0.2, 0) is 0 Å². The maximum atomic E-state index is 12.0. The van der Waals surface area contributed by atoms with Gasteiger partial charge >= 0.3 is 6.18 Å². The first-order chi connectivity index (χ1) is 8.44. The normalized spacial score (nSPS) is 10.0. The molecule has 1 amide bonds. The highest BCUT2D eigenvalue weighted by Crippen LogP contribution is 2.19. The van der Waals surface area contributed by atoms with E-state index in [1.54, 1.807) is 0 Å². The van der Waals surface area contributed by atoms with Crippen molar-refractivity contribution in [3.63, 3.8) is 0 Å². The van der Waals surface area contributed by atoms with Crippen LogP contribution in [0.3, 0.4) is 0 Å². The number of hydrogen-bond acceptors (Lipinski definition) is 4. The van der Waals surface area contributed by atoms with Crippen LogP contribution in [0.4, 0.5) is 13.2 Å². The summed E-state index contributed by atoms with van der Waals surface area (Å²) in [5.74, 6) is -0.935. The average molecular weight is 336 g/mol. The number of nitrogens with two attached hydrogens (primary N) is 1. The van der Waals surface area contributed by atoms with E-state index >= 15 is 0 Å². The number of carbonyl (C=O) groups is 1. The van der Waals surface area contributed by atoms with Crippen molar-refractivity contribution in [2.45, 2.75) is 6.18 Å². The van der Waals surface area contributed by atoms with Gasteiger partial charge in [-0.1, -0.05) is 0 Å². The third-order valence-electron chi connectivity index (χ3n) is 1.82. The van der Waals surface area contributed by atoms with Crippen LogP contribution in [0.5, 0.6) is 5.88 Å². The summed E-state index contributed by atoms with van der Waals surface area (Å²) in [6.07, 6.45) is -3.24. The van der Waals surface area contributed by atoms with Crippen molar-refractivity contribution >= 4 is 30.7 Å². The van der Waals surface area contributed by atoms with Crippen molar-refractivity contribution in [1.82, 2.24) is 10.3 Å². The highest BCUT2D eigenvalue weighted by Gasteiger charge is 2.29. The molecule has 20 heavy (non-hydrogen) atoms. The van der Waals surface area contributed by atoms with E-state index in [0.717, 1.165) is 0 Å². The second kappa shape index (κ2) is 9.62. The van der Waals surface area contributed by atoms with Gasteiger partial charge in [-0.25, -0.2) is 4.98 Å². The molecule has 1 aromatic heterocycles. The lowest BCUT2D eigenvalue weighted by Gasteiger charge is -2.11. The van der Waals surface area contributed by atoms with Crippen LogP contribution in [0.2, 0.25) is 0 Å². The first-order valence-electron chi connectivity index (χ1n) is 5.07. The molecule has 0 aromatic carbocycles. The van der Waals surface area contributed by atoms with Gasteiger partial charge in [-0.2, -0.15) is 13.2 Å². The number of nitrogens with one attached hydrogen (secondary N) is 1. The van der Waals surface area contributed by atoms with E-state index in [2.05, 4.69) is 15.0 Å². The zero-order valence-electron chi connectivity index (χ0n) is 10.1. The van der Waals surface area contributed by atoms with E-state index in [4.69, 9.17) is 5.73 Å². The Hall–Kier alpha value is -1.25. The molecule has 0 fully saturated rings. The van der Waals surface area contributed by atoms with Crippen LogP contribution in [0.1, 0.15) is 10.4 Å². The van der Waals surface area contributed by atoms with Gasteiger partial charge in [-0.05, 0) is 12.1 Å². The maximum Gasteiger partial charge on any atom is 0.422 e. The maximum absolute atomic E-state index is 12.0. The molecular weight excluding hydrogens is 322 g/mol. The largest absolute Gasteiger partial charge is 0.467 e. The number of ether oxygens (including phenoxy) is 1. The van der Waals surface area contributed by atoms with Crippen molar-refractivity contribution < 1.29 is 22.7 Å². The lowest BCUT2D eigenvalue weighted by atomic mass is 10.2. The van der Waals surface area contributed by atoms with Gasteiger partial charge in [0.25, 0.3) is 5.91 Å². The smallest absolute Gasteiger partial charge is 0.422 e. The molecule has 0 unspecified atom stereocenters. The summed E-state index contributed by atoms with van der Waals surface area (Å²) < 4.78 is 40.5. The molecule has 0 aliphatic rings. The van der Waals surface area contributed by atoms with E-state index in [-0.39, 0.29) is 49.3 Å². The van der Waals surface area contributed by atoms with E-state index in [9.17, 15) is 18.0 Å². The molecule has 1 rings (SSSR count). The van der Waals surface area contributed by atoms with Gasteiger partial charge in [0.15, 0.2) is 6.61 Å². The minimum Gasteiger partial charge on any atom is -0.467 e. The Labute approximate surface area is 125 Å². The quantitative estimate of drug-likeness (QED) is 0.855. The van der Waals surface area contributed by atoms with Crippen molar-refractivity contribution in [2.75, 3.05) is 19.7 Å². The van der Waals surface area contributed by atoms with Crippen LogP contribution in [0.25, 0.3) is 0 Å². The van der Waals surface area contributed by atoms with Crippen LogP contribution in [-0.4, -0.2) is 36.8 Å². The number of carbonyl (C=O) groups excluding carboxylic acids is 1. The van der Waals surface area contributed by atoms with Gasteiger partial charge in [-0.3, -0.25) is 4.79 Å². The summed E-state index contributed by atoms with van der Waals surface area (Å²) in [5.41, 5.74) is 5.14. The fourth-order valence-electron chi connectivity index (χ4n) is 1.11. The molecule has 0 saturated heterocycles. The van der Waals surface area contributed by atoms with E-state index < -0.39 is 18.7 Å². The van der Waals surface area contributed by atoms with Crippen molar-refractivity contribution in [3.8, 4) is 5.88 Å². The minimum absolute atomic E-state index is 0. The second-order valence-electron chi connectivity index (χ2n) is 3.30. The SMILES string of the molecule is Cl.Cl.NCCNC(=O)c1cccnc1OCC(F)(F)F. The Morgan fingerprint density at radius 1 is 1.40 bits per heavy atom. The predicted octanol–water partition coefficient (Wildman–Crippen LogP) is 1.55. The number of aromatic nitrogens is 1. The molecule has 0 atom stereocenters. The highest BCUT2D eigenvalue weighted by atomic mass is 35.5. The van der Waals surface area contributed by atoms with Gasteiger partial charge in [0.1, 0.15) is 5.56 Å². The summed E-state index contributed by atoms with van der Waals surface area (Å²) >= 11 is 0. The molecule has 1 aromatic rings. The lowest BCUT2D eigenvalue weighted by Crippen LogP contribution is -2.30. The molecular formula is C10H14Cl2F3N3O2. The van der Waals surface area contributed by atoms with Crippen LogP contribution >= 0.6 is 24.8 Å². The third kappa shape index (κ3) is 7.37. The fourth-order valence-corrected chi connectivity index (χ4v) is 1.11. The summed E-state index contributed by atoms with van der Waals surface area (Å²) in [4.78, 5) is 15.2. The summed E-state index contributed by atoms with van der Waals surface area (Å²) in [6, 6.07) is 2.75. The Morgan fingerprint density at radius 3 is 2.60 bits per heavy atom. The van der Waals surface area contributed by atoms with Gasteiger partial charge in [0.05, 0.1) is 0 Å². The molecule has 0 aliphatic heterocycles. The lowest BCUT2D eigenvalue weighted by molar-refractivity contribution is -0.154. The molecule has 0 saturated carbocycles. The Kier molecular flexibility index (Phi) is 10.1. The van der Waals surface area contributed by atoms with Crippen LogP contribution in [0, 0.1) is 0 Å². The Morgan fingerprint density at radius 2 is 2.05 bits per heavy atom. The van der Waals surface area contributed by atoms with E-state index in [1.807, 2.05) is 0 Å². The monoisotopic (exact) mass is 335 g/mol. The van der Waals surface area contributed by atoms with E-state index in [1.165, 1.54) is 18.3 Å². The molecule has 0 bridgehead atoms. The van der Waals surface area contributed by atoms with Crippen LogP contribution in [0.15, 0.2) is 18.3 Å². The molecule has 5 nitrogen and oxygen atoms in total. The first kappa shape index (κ1) is 21.1. The molecule has 116 valence electrons. The summed E-state index contributed by atoms with van der Waals surface area (Å²) in [5, 5.41) is 2.42. The molecule has 0 spiro atoms. The standard InChI is InChI=1S/C10H12F3N3O2.2ClH/c11-10(12,13)6-18-9-7(2-1-4-16-9)8(17)15-5-3-14;;/h1-2,4H,3,5-6,14H2,(H,15,17);2*1H. The fraction of sp³-hybridized carbons (Fsp3) is 0.400. The number of halogens is 5. The zero-order chi connectivity index (χ0) is 13.6. The van der Waals surface area contributed by atoms with E-state index in [0.29, 0.717) is 0 Å². The number of amides is 1. The number of hydrogen-bond donors (Lipinski definition) is 2. The van der Waals surface area contributed by atoms with Crippen molar-refractivity contribution in [1.29, 1.82) is 0 Å². The molecule has 0 aliphatic carbocycles. The van der Waals surface area contributed by atoms with Gasteiger partial charge in [0.2, 0.25) is 5.88 Å². The first-order valence-corrected chi connectivity index (χ1v) is 5.07. The van der Waals surface area contributed by atoms with Crippen molar-refractivity contribution in [3.05, 3.63) is 23.9 Å². The average Bonchev–Trinajstić information content (AvgIpc) is 2.33. The Bertz CT molecular complexity index is 419. The van der Waals surface area contributed by atoms with Crippen LogP contribution < -0.4 is 15.8 Å². The van der Waals surface area contributed by atoms with Gasteiger partial charge in [-0.15, -0.1) is 24.8 Å². The van der Waals surface area contributed by atoms with Gasteiger partial charge < -0.3 is 15.8 Å². The zero-order valence-corrected chi connectivity index (χ0v) is 11.8. The third-order valence-corrected chi connectivity index (χ3v) is 1.82. The Balaban J connectivity index is 0. The highest BCUT2D eigenvalue weighted by molar-refractivity contribution is 5.96. The molecule has 10 heteroatoms. The molecule has 0 radical (unpaired) electrons. The second-order valence-corrected chi connectivity index (χ2v) is 3.30. The van der Waals surface area contributed by atoms with Gasteiger partial charge in [0, 0.05) is 19.3 Å². The number of rotatable bonds is 5. The summed E-state index contributed by atoms with van der Waals surface area (Å²) in [7, 11) is 0. The number of pyridine rings is 1. The minimum atomic E-state index is -4.48. The molecule has 3 N–H and O–H groups in total. The molecule has 1 heterocycles. The number of alkyl halides is 3. The predicted molar refractivity (Wildman–Crippen MR) is 71.7 cm³/mol. The van der Waals surface area contributed by atoms with Crippen molar-refractivity contribution in [2.24, 2.45) is 5.73 Å².